The van der Waals surface area contributed by atoms with Crippen molar-refractivity contribution in [3.8, 4) is 0 Å². The molecule has 220 valence electrons. The molecule has 0 bridgehead atoms. The van der Waals surface area contributed by atoms with Crippen LogP contribution in [0, 0.1) is 0 Å². The fourth-order valence-corrected chi connectivity index (χ4v) is 7.31. The van der Waals surface area contributed by atoms with Crippen LogP contribution in [0.15, 0.2) is 49.1 Å². The Labute approximate surface area is 246 Å². The monoisotopic (exact) mass is 568 g/mol. The van der Waals surface area contributed by atoms with Crippen molar-refractivity contribution < 1.29 is 0 Å². The fourth-order valence-electron chi connectivity index (χ4n) is 7.31. The van der Waals surface area contributed by atoms with E-state index in [2.05, 4.69) is 72.3 Å². The molecule has 4 aromatic rings. The molecule has 5 heterocycles. The third-order valence-corrected chi connectivity index (χ3v) is 9.45. The first-order valence-corrected chi connectivity index (χ1v) is 15.7. The molecular formula is C30H40N12. The van der Waals surface area contributed by atoms with Gasteiger partial charge in [0, 0.05) is 51.0 Å². The smallest absolute Gasteiger partial charge is 0.173 e. The normalized spacial score (nSPS) is 21.3. The lowest BCUT2D eigenvalue weighted by molar-refractivity contribution is 0.0800. The van der Waals surface area contributed by atoms with Gasteiger partial charge in [0.1, 0.15) is 0 Å². The van der Waals surface area contributed by atoms with Gasteiger partial charge in [0.2, 0.25) is 0 Å². The summed E-state index contributed by atoms with van der Waals surface area (Å²) < 4.78 is 4.22. The minimum Gasteiger partial charge on any atom is -0.287 e. The number of tetrazole rings is 2. The summed E-state index contributed by atoms with van der Waals surface area (Å²) in [5, 5.41) is 26.7. The van der Waals surface area contributed by atoms with Gasteiger partial charge >= 0.3 is 0 Å². The molecule has 12 heteroatoms. The number of hydrogen-bond donors (Lipinski definition) is 0. The highest BCUT2D eigenvalue weighted by molar-refractivity contribution is 5.24. The van der Waals surface area contributed by atoms with Gasteiger partial charge < -0.3 is 0 Å². The molecule has 0 aromatic carbocycles. The maximum Gasteiger partial charge on any atom is 0.173 e. The maximum atomic E-state index is 4.63. The predicted molar refractivity (Wildman–Crippen MR) is 155 cm³/mol. The zero-order valence-electron chi connectivity index (χ0n) is 24.2. The van der Waals surface area contributed by atoms with Crippen molar-refractivity contribution in [2.24, 2.45) is 0 Å². The standard InChI is InChI=1S/C30H40N12/c1-3-11-25(12-4-1)41-29(33-35-37-41)27(23-9-7-15-31-21-23)39-17-19-40(20-18-39)28(24-10-8-16-32-22-24)30-34-36-38-42(30)26-13-5-2-6-14-26/h7-10,15-16,21-22,25-28H,1-6,11-14,17-20H2. The molecule has 1 aliphatic heterocycles. The van der Waals surface area contributed by atoms with Crippen molar-refractivity contribution in [3.05, 3.63) is 71.8 Å². The second kappa shape index (κ2) is 12.7. The number of nitrogens with zero attached hydrogens (tertiary/aromatic N) is 12. The van der Waals surface area contributed by atoms with Crippen molar-refractivity contribution in [1.82, 2.24) is 60.2 Å². The number of hydrogen-bond acceptors (Lipinski definition) is 10. The molecule has 0 amide bonds. The van der Waals surface area contributed by atoms with Gasteiger partial charge in [-0.05, 0) is 69.8 Å². The van der Waals surface area contributed by atoms with E-state index in [-0.39, 0.29) is 12.1 Å². The van der Waals surface area contributed by atoms with Crippen molar-refractivity contribution in [1.29, 1.82) is 0 Å². The van der Waals surface area contributed by atoms with Crippen LogP contribution in [0.25, 0.3) is 0 Å². The van der Waals surface area contributed by atoms with E-state index in [0.717, 1.165) is 74.6 Å². The van der Waals surface area contributed by atoms with Crippen LogP contribution < -0.4 is 0 Å². The molecule has 7 rings (SSSR count). The second-order valence-electron chi connectivity index (χ2n) is 12.0. The summed E-state index contributed by atoms with van der Waals surface area (Å²) in [6.45, 7) is 3.44. The zero-order valence-corrected chi connectivity index (χ0v) is 24.2. The first kappa shape index (κ1) is 27.2. The third-order valence-electron chi connectivity index (χ3n) is 9.45. The molecule has 2 unspecified atom stereocenters. The summed E-state index contributed by atoms with van der Waals surface area (Å²) in [4.78, 5) is 14.0. The van der Waals surface area contributed by atoms with Crippen LogP contribution >= 0.6 is 0 Å². The molecule has 0 N–H and O–H groups in total. The summed E-state index contributed by atoms with van der Waals surface area (Å²) >= 11 is 0. The average molecular weight is 569 g/mol. The number of piperazine rings is 1. The summed E-state index contributed by atoms with van der Waals surface area (Å²) in [5.41, 5.74) is 2.26. The van der Waals surface area contributed by atoms with Crippen molar-refractivity contribution in [2.75, 3.05) is 26.2 Å². The Bertz CT molecular complexity index is 1280. The van der Waals surface area contributed by atoms with Gasteiger partial charge in [0.25, 0.3) is 0 Å². The number of rotatable bonds is 8. The van der Waals surface area contributed by atoms with Crippen LogP contribution in [0.2, 0.25) is 0 Å². The molecule has 42 heavy (non-hydrogen) atoms. The highest BCUT2D eigenvalue weighted by Crippen LogP contribution is 2.36. The van der Waals surface area contributed by atoms with E-state index in [1.807, 2.05) is 36.9 Å². The van der Waals surface area contributed by atoms with Crippen molar-refractivity contribution in [2.45, 2.75) is 88.4 Å². The molecule has 12 nitrogen and oxygen atoms in total. The summed E-state index contributed by atoms with van der Waals surface area (Å²) in [7, 11) is 0. The molecule has 3 fully saturated rings. The highest BCUT2D eigenvalue weighted by atomic mass is 15.6. The molecule has 4 aromatic heterocycles. The Balaban J connectivity index is 1.17. The van der Waals surface area contributed by atoms with E-state index in [0.29, 0.717) is 12.1 Å². The summed E-state index contributed by atoms with van der Waals surface area (Å²) in [6, 6.07) is 8.94. The highest BCUT2D eigenvalue weighted by Gasteiger charge is 2.37. The van der Waals surface area contributed by atoms with E-state index >= 15 is 0 Å². The molecule has 2 aliphatic carbocycles. The zero-order chi connectivity index (χ0) is 28.1. The molecule has 2 saturated carbocycles. The maximum absolute atomic E-state index is 4.63. The van der Waals surface area contributed by atoms with Crippen LogP contribution in [-0.4, -0.2) is 86.4 Å². The molecule has 2 atom stereocenters. The minimum atomic E-state index is -0.0535. The lowest BCUT2D eigenvalue weighted by Crippen LogP contribution is -2.50. The summed E-state index contributed by atoms with van der Waals surface area (Å²) in [6.07, 6.45) is 19.6. The Morgan fingerprint density at radius 2 is 1.00 bits per heavy atom. The quantitative estimate of drug-likeness (QED) is 0.309. The fraction of sp³-hybridized carbons (Fsp3) is 0.600. The average Bonchev–Trinajstić information content (AvgIpc) is 3.75. The molecular weight excluding hydrogens is 528 g/mol. The van der Waals surface area contributed by atoms with Gasteiger partial charge in [0.15, 0.2) is 11.6 Å². The molecule has 1 saturated heterocycles. The van der Waals surface area contributed by atoms with Crippen LogP contribution in [0.1, 0.15) is 111 Å². The Morgan fingerprint density at radius 1 is 0.571 bits per heavy atom. The molecule has 3 aliphatic rings. The van der Waals surface area contributed by atoms with Crippen molar-refractivity contribution >= 4 is 0 Å². The Kier molecular flexibility index (Phi) is 8.23. The van der Waals surface area contributed by atoms with E-state index in [1.54, 1.807) is 0 Å². The van der Waals surface area contributed by atoms with Crippen LogP contribution in [-0.2, 0) is 0 Å². The van der Waals surface area contributed by atoms with Gasteiger partial charge in [-0.25, -0.2) is 9.36 Å². The van der Waals surface area contributed by atoms with Gasteiger partial charge in [0.05, 0.1) is 24.2 Å². The number of aromatic nitrogens is 10. The van der Waals surface area contributed by atoms with Crippen molar-refractivity contribution in [3.63, 3.8) is 0 Å². The van der Waals surface area contributed by atoms with E-state index in [9.17, 15) is 0 Å². The third kappa shape index (κ3) is 5.57. The topological polar surface area (TPSA) is 119 Å². The first-order chi connectivity index (χ1) is 20.9. The van der Waals surface area contributed by atoms with E-state index < -0.39 is 0 Å². The van der Waals surface area contributed by atoms with Crippen LogP contribution in [0.4, 0.5) is 0 Å². The van der Waals surface area contributed by atoms with Gasteiger partial charge in [-0.15, -0.1) is 10.2 Å². The number of pyridine rings is 2. The molecule has 0 radical (unpaired) electrons. The van der Waals surface area contributed by atoms with Gasteiger partial charge in [-0.2, -0.15) is 0 Å². The lowest BCUT2D eigenvalue weighted by Gasteiger charge is -2.42. The molecule has 0 spiro atoms. The van der Waals surface area contributed by atoms with Crippen LogP contribution in [0.3, 0.4) is 0 Å². The van der Waals surface area contributed by atoms with E-state index in [1.165, 1.54) is 38.5 Å². The SMILES string of the molecule is c1cncc(C(c2nnnn2C2CCCCC2)N2CCN(C(c3cccnc3)c3nnnn3C3CCCCC3)CC2)c1. The lowest BCUT2D eigenvalue weighted by atomic mass is 9.95. The largest absolute Gasteiger partial charge is 0.287 e. The summed E-state index contributed by atoms with van der Waals surface area (Å²) in [5.74, 6) is 1.85. The predicted octanol–water partition coefficient (Wildman–Crippen LogP) is 3.96. The van der Waals surface area contributed by atoms with E-state index in [4.69, 9.17) is 0 Å². The van der Waals surface area contributed by atoms with Gasteiger partial charge in [-0.1, -0.05) is 50.7 Å². The second-order valence-corrected chi connectivity index (χ2v) is 12.0. The first-order valence-electron chi connectivity index (χ1n) is 15.7. The Morgan fingerprint density at radius 3 is 1.38 bits per heavy atom. The van der Waals surface area contributed by atoms with Crippen LogP contribution in [0.5, 0.6) is 0 Å². The Hall–Kier alpha value is -3.64. The minimum absolute atomic E-state index is 0.0535. The van der Waals surface area contributed by atoms with Gasteiger partial charge in [-0.3, -0.25) is 19.8 Å².